The van der Waals surface area contributed by atoms with Gasteiger partial charge in [-0.15, -0.1) is 0 Å². The van der Waals surface area contributed by atoms with Gasteiger partial charge in [-0.3, -0.25) is 14.2 Å². The van der Waals surface area contributed by atoms with Crippen molar-refractivity contribution in [2.45, 2.75) is 225 Å². The highest BCUT2D eigenvalue weighted by Gasteiger charge is 2.21. The number of rotatable bonds is 54. The van der Waals surface area contributed by atoms with E-state index in [1.165, 1.54) is 38.5 Å². The Morgan fingerprint density at radius 2 is 0.731 bits per heavy atom. The topological polar surface area (TPSA) is 111 Å². The van der Waals surface area contributed by atoms with Gasteiger partial charge in [0.2, 0.25) is 0 Å². The number of nitrogens with zero attached hydrogens (tertiary/aromatic N) is 1. The van der Waals surface area contributed by atoms with Gasteiger partial charge in [0.1, 0.15) is 19.8 Å². The maximum absolute atomic E-state index is 12.8. The average Bonchev–Trinajstić information content (AvgIpc) is 3.41. The van der Waals surface area contributed by atoms with Crippen LogP contribution in [0.2, 0.25) is 0 Å². The van der Waals surface area contributed by atoms with Crippen LogP contribution in [0.15, 0.2) is 146 Å². The lowest BCUT2D eigenvalue weighted by Gasteiger charge is -2.28. The van der Waals surface area contributed by atoms with Crippen molar-refractivity contribution >= 4 is 19.8 Å². The zero-order valence-corrected chi connectivity index (χ0v) is 50.9. The van der Waals surface area contributed by atoms with Gasteiger partial charge in [-0.05, 0) is 122 Å². The van der Waals surface area contributed by atoms with Crippen molar-refractivity contribution in [3.8, 4) is 0 Å². The molecule has 0 heterocycles. The number of phosphoric ester groups is 1. The number of ether oxygens (including phenoxy) is 2. The number of likely N-dealkylation sites (N-methyl/N-ethyl adjacent to an activating group) is 1. The van der Waals surface area contributed by atoms with Crippen molar-refractivity contribution in [3.63, 3.8) is 0 Å². The first kappa shape index (κ1) is 73.9. The van der Waals surface area contributed by atoms with Gasteiger partial charge in [-0.25, -0.2) is 0 Å². The molecule has 0 bridgehead atoms. The van der Waals surface area contributed by atoms with Crippen LogP contribution in [0.5, 0.6) is 0 Å². The number of hydrogen-bond acceptors (Lipinski definition) is 8. The Kier molecular flexibility index (Phi) is 54.5. The Bertz CT molecular complexity index is 1820. The summed E-state index contributed by atoms with van der Waals surface area (Å²) in [6.45, 7) is 4.05. The minimum Gasteiger partial charge on any atom is -0.756 e. The van der Waals surface area contributed by atoms with E-state index in [1.807, 2.05) is 21.1 Å². The molecule has 0 aliphatic rings. The molecular formula is C68H112NO8P. The third kappa shape index (κ3) is 61.1. The quantitative estimate of drug-likeness (QED) is 0.0195. The summed E-state index contributed by atoms with van der Waals surface area (Å²) in [6.07, 6.45) is 84.6. The molecule has 2 unspecified atom stereocenters. The molecule has 0 N–H and O–H groups in total. The molecule has 78 heavy (non-hydrogen) atoms. The molecule has 10 heteroatoms. The molecule has 0 saturated heterocycles. The van der Waals surface area contributed by atoms with Crippen LogP contribution >= 0.6 is 7.82 Å². The van der Waals surface area contributed by atoms with E-state index in [9.17, 15) is 19.0 Å². The van der Waals surface area contributed by atoms with Gasteiger partial charge in [0.15, 0.2) is 6.10 Å². The lowest BCUT2D eigenvalue weighted by atomic mass is 10.1. The third-order valence-electron chi connectivity index (χ3n) is 12.3. The summed E-state index contributed by atoms with van der Waals surface area (Å²) in [4.78, 5) is 37.9. The summed E-state index contributed by atoms with van der Waals surface area (Å²) < 4.78 is 34.1. The second-order valence-electron chi connectivity index (χ2n) is 21.0. The Balaban J connectivity index is 4.22. The maximum Gasteiger partial charge on any atom is 0.306 e. The van der Waals surface area contributed by atoms with Crippen molar-refractivity contribution in [2.24, 2.45) is 0 Å². The van der Waals surface area contributed by atoms with Crippen LogP contribution in [-0.2, 0) is 32.7 Å². The van der Waals surface area contributed by atoms with Crippen LogP contribution in [0.25, 0.3) is 0 Å². The number of carbonyl (C=O) groups is 2. The lowest BCUT2D eigenvalue weighted by molar-refractivity contribution is -0.870. The van der Waals surface area contributed by atoms with Crippen molar-refractivity contribution < 1.29 is 42.1 Å². The zero-order chi connectivity index (χ0) is 57.0. The van der Waals surface area contributed by atoms with Crippen LogP contribution in [-0.4, -0.2) is 70.0 Å². The number of quaternary nitrogens is 1. The SMILES string of the molecule is CC/C=C\C/C=C\C/C=C\C/C=C\C/C=C\C/C=C\C/C=C\C/C=C\C/C=C\CCCCCCCCCC(=O)OC(COC(=O)CCCCCCCC/C=C\C/C=C\C/C=C\CCCCC)COP(=O)([O-])OCC[N+](C)(C)C. The van der Waals surface area contributed by atoms with Gasteiger partial charge >= 0.3 is 11.9 Å². The number of phosphoric acid groups is 1. The van der Waals surface area contributed by atoms with Crippen molar-refractivity contribution in [1.29, 1.82) is 0 Å². The van der Waals surface area contributed by atoms with E-state index in [-0.39, 0.29) is 26.1 Å². The van der Waals surface area contributed by atoms with E-state index >= 15 is 0 Å². The van der Waals surface area contributed by atoms with Crippen LogP contribution < -0.4 is 4.89 Å². The van der Waals surface area contributed by atoms with Gasteiger partial charge in [0.05, 0.1) is 27.7 Å². The minimum atomic E-state index is -4.65. The summed E-state index contributed by atoms with van der Waals surface area (Å²) in [5, 5.41) is 0. The number of esters is 2. The number of hydrogen-bond donors (Lipinski definition) is 0. The van der Waals surface area contributed by atoms with Gasteiger partial charge in [0.25, 0.3) is 7.82 Å². The first-order valence-electron chi connectivity index (χ1n) is 30.5. The van der Waals surface area contributed by atoms with E-state index in [2.05, 4.69) is 160 Å². The van der Waals surface area contributed by atoms with Crippen LogP contribution in [0.3, 0.4) is 0 Å². The molecule has 0 aliphatic carbocycles. The molecule has 0 saturated carbocycles. The Morgan fingerprint density at radius 1 is 0.410 bits per heavy atom. The minimum absolute atomic E-state index is 0.0437. The third-order valence-corrected chi connectivity index (χ3v) is 13.3. The summed E-state index contributed by atoms with van der Waals surface area (Å²) in [7, 11) is 1.13. The van der Waals surface area contributed by atoms with E-state index in [0.717, 1.165) is 141 Å². The maximum atomic E-state index is 12.8. The van der Waals surface area contributed by atoms with Crippen molar-refractivity contribution in [1.82, 2.24) is 0 Å². The second-order valence-corrected chi connectivity index (χ2v) is 22.4. The second kappa shape index (κ2) is 57.6. The van der Waals surface area contributed by atoms with Gasteiger partial charge in [0, 0.05) is 12.8 Å². The van der Waals surface area contributed by atoms with Crippen LogP contribution in [0.1, 0.15) is 219 Å². The van der Waals surface area contributed by atoms with E-state index in [1.54, 1.807) is 0 Å². The van der Waals surface area contributed by atoms with E-state index in [4.69, 9.17) is 18.5 Å². The lowest BCUT2D eigenvalue weighted by Crippen LogP contribution is -2.37. The van der Waals surface area contributed by atoms with Gasteiger partial charge in [-0.2, -0.15) is 0 Å². The molecule has 2 atom stereocenters. The molecular weight excluding hydrogens is 990 g/mol. The van der Waals surface area contributed by atoms with Crippen LogP contribution in [0, 0.1) is 0 Å². The number of unbranched alkanes of at least 4 members (excludes halogenated alkanes) is 16. The summed E-state index contributed by atoms with van der Waals surface area (Å²) >= 11 is 0. The predicted octanol–water partition coefficient (Wildman–Crippen LogP) is 18.8. The smallest absolute Gasteiger partial charge is 0.306 e. The Hall–Kier alpha value is -4.11. The van der Waals surface area contributed by atoms with E-state index in [0.29, 0.717) is 23.9 Å². The standard InChI is InChI=1S/C68H112NO8P/c1-6-8-10-12-14-16-18-20-22-24-26-27-28-29-30-31-32-33-34-35-36-37-38-39-40-41-43-45-47-49-51-53-55-57-59-61-68(71)77-66(65-76-78(72,73)75-63-62-69(3,4)5)64-74-67(70)60-58-56-54-52-50-48-46-44-42-25-23-21-19-17-15-13-11-9-7-2/h8,10,14-17,20-23,26-27,29-30,32-33,35-36,38-39,41-44,66H,6-7,9,11-13,18-19,24-25,28,31,34,37,40,45-65H2,1-5H3/b10-8-,16-14-,17-15-,22-20-,23-21-,27-26-,30-29-,33-32-,36-35-,39-38-,43-41-,44-42-. The summed E-state index contributed by atoms with van der Waals surface area (Å²) in [5.41, 5.74) is 0. The summed E-state index contributed by atoms with van der Waals surface area (Å²) in [6, 6.07) is 0. The highest BCUT2D eigenvalue weighted by Crippen LogP contribution is 2.38. The zero-order valence-electron chi connectivity index (χ0n) is 50.1. The molecule has 0 aliphatic heterocycles. The molecule has 0 aromatic heterocycles. The highest BCUT2D eigenvalue weighted by atomic mass is 31.2. The fourth-order valence-electron chi connectivity index (χ4n) is 7.65. The molecule has 0 rings (SSSR count). The highest BCUT2D eigenvalue weighted by molar-refractivity contribution is 7.45. The monoisotopic (exact) mass is 1100 g/mol. The van der Waals surface area contributed by atoms with Gasteiger partial charge in [-0.1, -0.05) is 230 Å². The Morgan fingerprint density at radius 3 is 1.09 bits per heavy atom. The molecule has 0 spiro atoms. The summed E-state index contributed by atoms with van der Waals surface area (Å²) in [5.74, 6) is -0.871. The normalized spacial score (nSPS) is 14.3. The number of allylic oxidation sites excluding steroid dienone is 24. The molecule has 0 amide bonds. The van der Waals surface area contributed by atoms with Gasteiger partial charge < -0.3 is 27.9 Å². The largest absolute Gasteiger partial charge is 0.756 e. The van der Waals surface area contributed by atoms with Crippen molar-refractivity contribution in [2.75, 3.05) is 47.5 Å². The Labute approximate surface area is 478 Å². The first-order valence-corrected chi connectivity index (χ1v) is 32.0. The fourth-order valence-corrected chi connectivity index (χ4v) is 8.38. The first-order chi connectivity index (χ1) is 38.0. The predicted molar refractivity (Wildman–Crippen MR) is 332 cm³/mol. The molecule has 0 fully saturated rings. The molecule has 0 radical (unpaired) electrons. The average molecular weight is 1100 g/mol. The number of carbonyl (C=O) groups excluding carboxylic acids is 2. The fraction of sp³-hybridized carbons (Fsp3) is 0.618. The molecule has 0 aromatic carbocycles. The molecule has 442 valence electrons. The molecule has 9 nitrogen and oxygen atoms in total. The van der Waals surface area contributed by atoms with Crippen LogP contribution in [0.4, 0.5) is 0 Å². The van der Waals surface area contributed by atoms with Crippen molar-refractivity contribution in [3.05, 3.63) is 146 Å². The molecule has 0 aromatic rings. The van der Waals surface area contributed by atoms with E-state index < -0.39 is 32.5 Å².